The highest BCUT2D eigenvalue weighted by Gasteiger charge is 2.15. The zero-order chi connectivity index (χ0) is 21.4. The first-order valence-corrected chi connectivity index (χ1v) is 10.8. The van der Waals surface area contributed by atoms with Crippen molar-refractivity contribution >= 4 is 33.2 Å². The highest BCUT2D eigenvalue weighted by molar-refractivity contribution is 6.10. The normalized spacial score (nSPS) is 12.4. The van der Waals surface area contributed by atoms with E-state index in [9.17, 15) is 0 Å². The van der Waals surface area contributed by atoms with Gasteiger partial charge >= 0.3 is 0 Å². The molecule has 5 rings (SSSR count). The molecule has 4 aromatic carbocycles. The van der Waals surface area contributed by atoms with Gasteiger partial charge in [0.05, 0.1) is 11.0 Å². The molecule has 0 amide bonds. The topological polar surface area (TPSA) is 20.2 Å². The third-order valence-electron chi connectivity index (χ3n) is 6.25. The molecule has 1 N–H and O–H groups in total. The molecule has 1 heterocycles. The van der Waals surface area contributed by atoms with E-state index >= 15 is 0 Å². The van der Waals surface area contributed by atoms with Gasteiger partial charge in [-0.1, -0.05) is 42.5 Å². The van der Waals surface area contributed by atoms with Crippen LogP contribution in [0.25, 0.3) is 27.5 Å². The number of nitrogens with zero attached hydrogens (tertiary/aromatic N) is 2. The number of hydrogen-bond acceptors (Lipinski definition) is 2. The van der Waals surface area contributed by atoms with Gasteiger partial charge in [0.25, 0.3) is 0 Å². The second-order valence-electron chi connectivity index (χ2n) is 8.05. The molecule has 0 aliphatic rings. The van der Waals surface area contributed by atoms with Crippen molar-refractivity contribution in [2.45, 2.75) is 13.0 Å². The molecule has 0 spiro atoms. The molecule has 0 saturated carbocycles. The lowest BCUT2D eigenvalue weighted by Gasteiger charge is -2.19. The van der Waals surface area contributed by atoms with Crippen LogP contribution >= 0.6 is 0 Å². The van der Waals surface area contributed by atoms with Gasteiger partial charge in [0.15, 0.2) is 0 Å². The third-order valence-corrected chi connectivity index (χ3v) is 6.25. The first-order valence-electron chi connectivity index (χ1n) is 10.8. The van der Waals surface area contributed by atoms with E-state index in [4.69, 9.17) is 0 Å². The summed E-state index contributed by atoms with van der Waals surface area (Å²) >= 11 is 0. The molecule has 0 aliphatic heterocycles. The number of anilines is 2. The Morgan fingerprint density at radius 2 is 1.32 bits per heavy atom. The SMILES string of the molecule is CNC(C)c1ccc2c(c1)c1cc(N(C)c3ccccc3)ccc1n2-c1ccccc1. The van der Waals surface area contributed by atoms with Crippen molar-refractivity contribution in [3.05, 3.63) is 103 Å². The monoisotopic (exact) mass is 405 g/mol. The molecule has 0 aliphatic carbocycles. The Morgan fingerprint density at radius 3 is 2.00 bits per heavy atom. The van der Waals surface area contributed by atoms with Gasteiger partial charge in [-0.05, 0) is 74.1 Å². The number of para-hydroxylation sites is 2. The molecular weight excluding hydrogens is 378 g/mol. The fourth-order valence-corrected chi connectivity index (χ4v) is 4.33. The van der Waals surface area contributed by atoms with Crippen LogP contribution in [0.5, 0.6) is 0 Å². The molecule has 0 radical (unpaired) electrons. The second kappa shape index (κ2) is 7.93. The fraction of sp³-hybridized carbons (Fsp3) is 0.143. The lowest BCUT2D eigenvalue weighted by Crippen LogP contribution is -2.11. The van der Waals surface area contributed by atoms with Gasteiger partial charge in [-0.15, -0.1) is 0 Å². The highest BCUT2D eigenvalue weighted by atomic mass is 15.1. The summed E-state index contributed by atoms with van der Waals surface area (Å²) in [4.78, 5) is 2.24. The van der Waals surface area contributed by atoms with Gasteiger partial charge in [0.1, 0.15) is 0 Å². The molecule has 5 aromatic rings. The van der Waals surface area contributed by atoms with Crippen LogP contribution in [0.4, 0.5) is 11.4 Å². The Balaban J connectivity index is 1.77. The number of nitrogens with one attached hydrogen (secondary N) is 1. The minimum atomic E-state index is 0.301. The Morgan fingerprint density at radius 1 is 0.710 bits per heavy atom. The molecular formula is C28H27N3. The summed E-state index contributed by atoms with van der Waals surface area (Å²) in [6, 6.07) is 35.0. The first-order chi connectivity index (χ1) is 15.2. The summed E-state index contributed by atoms with van der Waals surface area (Å²) in [5.74, 6) is 0. The largest absolute Gasteiger partial charge is 0.345 e. The van der Waals surface area contributed by atoms with E-state index in [1.807, 2.05) is 7.05 Å². The van der Waals surface area contributed by atoms with Crippen LogP contribution in [-0.2, 0) is 0 Å². The number of rotatable bonds is 5. The molecule has 1 aromatic heterocycles. The summed E-state index contributed by atoms with van der Waals surface area (Å²) in [6.07, 6.45) is 0. The third kappa shape index (κ3) is 3.37. The van der Waals surface area contributed by atoms with Crippen molar-refractivity contribution in [3.8, 4) is 5.69 Å². The van der Waals surface area contributed by atoms with E-state index in [0.717, 1.165) is 0 Å². The molecule has 1 atom stereocenters. The van der Waals surface area contributed by atoms with Crippen LogP contribution < -0.4 is 10.2 Å². The van der Waals surface area contributed by atoms with E-state index in [-0.39, 0.29) is 0 Å². The highest BCUT2D eigenvalue weighted by Crippen LogP contribution is 2.36. The first kappa shape index (κ1) is 19.4. The lowest BCUT2D eigenvalue weighted by molar-refractivity contribution is 0.653. The van der Waals surface area contributed by atoms with E-state index in [0.29, 0.717) is 6.04 Å². The van der Waals surface area contributed by atoms with Crippen LogP contribution in [0.2, 0.25) is 0 Å². The Hall–Kier alpha value is -3.56. The Labute approximate surface area is 183 Å². The summed E-state index contributed by atoms with van der Waals surface area (Å²) in [5, 5.41) is 5.92. The van der Waals surface area contributed by atoms with Crippen LogP contribution in [0.1, 0.15) is 18.5 Å². The van der Waals surface area contributed by atoms with Crippen molar-refractivity contribution in [2.24, 2.45) is 0 Å². The zero-order valence-corrected chi connectivity index (χ0v) is 18.2. The molecule has 1 unspecified atom stereocenters. The van der Waals surface area contributed by atoms with Gasteiger partial charge in [0.2, 0.25) is 0 Å². The molecule has 154 valence electrons. The van der Waals surface area contributed by atoms with Crippen molar-refractivity contribution in [1.29, 1.82) is 0 Å². The summed E-state index contributed by atoms with van der Waals surface area (Å²) in [5.41, 5.74) is 7.29. The maximum absolute atomic E-state index is 3.37. The number of aromatic nitrogens is 1. The van der Waals surface area contributed by atoms with Crippen LogP contribution in [-0.4, -0.2) is 18.7 Å². The predicted octanol–water partition coefficient (Wildman–Crippen LogP) is 6.83. The molecule has 3 nitrogen and oxygen atoms in total. The van der Waals surface area contributed by atoms with Crippen molar-refractivity contribution < 1.29 is 0 Å². The minimum Gasteiger partial charge on any atom is -0.345 e. The van der Waals surface area contributed by atoms with Crippen LogP contribution in [0, 0.1) is 0 Å². The van der Waals surface area contributed by atoms with Crippen molar-refractivity contribution in [1.82, 2.24) is 9.88 Å². The van der Waals surface area contributed by atoms with Gasteiger partial charge in [-0.3, -0.25) is 0 Å². The minimum absolute atomic E-state index is 0.301. The van der Waals surface area contributed by atoms with Crippen LogP contribution in [0.3, 0.4) is 0 Å². The van der Waals surface area contributed by atoms with Crippen LogP contribution in [0.15, 0.2) is 97.1 Å². The summed E-state index contributed by atoms with van der Waals surface area (Å²) in [7, 11) is 4.14. The molecule has 0 saturated heterocycles. The number of hydrogen-bond donors (Lipinski definition) is 1. The van der Waals surface area contributed by atoms with Gasteiger partial charge in [-0.25, -0.2) is 0 Å². The summed E-state index contributed by atoms with van der Waals surface area (Å²) < 4.78 is 2.37. The van der Waals surface area contributed by atoms with E-state index < -0.39 is 0 Å². The zero-order valence-electron chi connectivity index (χ0n) is 18.2. The van der Waals surface area contributed by atoms with E-state index in [1.165, 1.54) is 44.4 Å². The molecule has 3 heteroatoms. The maximum atomic E-state index is 3.37. The van der Waals surface area contributed by atoms with Crippen molar-refractivity contribution in [2.75, 3.05) is 19.0 Å². The van der Waals surface area contributed by atoms with Crippen molar-refractivity contribution in [3.63, 3.8) is 0 Å². The van der Waals surface area contributed by atoms with E-state index in [1.54, 1.807) is 0 Å². The summed E-state index contributed by atoms with van der Waals surface area (Å²) in [6.45, 7) is 2.20. The van der Waals surface area contributed by atoms with Gasteiger partial charge in [-0.2, -0.15) is 0 Å². The fourth-order valence-electron chi connectivity index (χ4n) is 4.33. The predicted molar refractivity (Wildman–Crippen MR) is 133 cm³/mol. The maximum Gasteiger partial charge on any atom is 0.0542 e. The Kier molecular flexibility index (Phi) is 4.97. The van der Waals surface area contributed by atoms with Gasteiger partial charge in [0, 0.05) is 40.9 Å². The lowest BCUT2D eigenvalue weighted by atomic mass is 10.0. The average molecular weight is 406 g/mol. The molecule has 0 fully saturated rings. The number of benzene rings is 4. The average Bonchev–Trinajstić information content (AvgIpc) is 3.17. The van der Waals surface area contributed by atoms with E-state index in [2.05, 4.69) is 126 Å². The smallest absolute Gasteiger partial charge is 0.0542 e. The molecule has 31 heavy (non-hydrogen) atoms. The number of fused-ring (bicyclic) bond motifs is 3. The van der Waals surface area contributed by atoms with Gasteiger partial charge < -0.3 is 14.8 Å². The standard InChI is InChI=1S/C28H27N3/c1-20(29-2)21-14-16-27-25(18-21)26-19-24(30(3)22-10-6-4-7-11-22)15-17-28(26)31(27)23-12-8-5-9-13-23/h4-20,29H,1-3H3. The quantitative estimate of drug-likeness (QED) is 0.346. The second-order valence-corrected chi connectivity index (χ2v) is 8.05. The molecule has 0 bridgehead atoms. The Bertz CT molecular complexity index is 1340.